The average molecular weight is 236 g/mol. The van der Waals surface area contributed by atoms with Gasteiger partial charge in [0.05, 0.1) is 5.92 Å². The predicted molar refractivity (Wildman–Crippen MR) is 62.3 cm³/mol. The molecule has 0 bridgehead atoms. The SMILES string of the molecule is CC(C)(S)CC(=O)CC(CS)C(=O)O. The molecule has 0 fully saturated rings. The minimum Gasteiger partial charge on any atom is -0.481 e. The van der Waals surface area contributed by atoms with E-state index in [4.69, 9.17) is 5.11 Å². The Morgan fingerprint density at radius 1 is 1.43 bits per heavy atom. The molecule has 0 saturated carbocycles. The van der Waals surface area contributed by atoms with Crippen LogP contribution in [0, 0.1) is 5.92 Å². The Morgan fingerprint density at radius 2 is 1.93 bits per heavy atom. The predicted octanol–water partition coefficient (Wildman–Crippen LogP) is 1.67. The third-order valence-electron chi connectivity index (χ3n) is 1.67. The fourth-order valence-corrected chi connectivity index (χ4v) is 1.52. The fourth-order valence-electron chi connectivity index (χ4n) is 1.06. The summed E-state index contributed by atoms with van der Waals surface area (Å²) in [6.45, 7) is 3.65. The van der Waals surface area contributed by atoms with Crippen LogP contribution in [0.15, 0.2) is 0 Å². The first-order valence-electron chi connectivity index (χ1n) is 4.34. The Morgan fingerprint density at radius 3 is 2.21 bits per heavy atom. The molecular weight excluding hydrogens is 220 g/mol. The standard InChI is InChI=1S/C9H16O3S2/c1-9(2,14)4-7(10)3-6(5-13)8(11)12/h6,13-14H,3-5H2,1-2H3,(H,11,12). The lowest BCUT2D eigenvalue weighted by Gasteiger charge is -2.17. The molecule has 0 aliphatic heterocycles. The molecule has 0 amide bonds. The zero-order chi connectivity index (χ0) is 11.4. The summed E-state index contributed by atoms with van der Waals surface area (Å²) >= 11 is 8.10. The van der Waals surface area contributed by atoms with Gasteiger partial charge in [0.15, 0.2) is 0 Å². The van der Waals surface area contributed by atoms with Crippen LogP contribution in [-0.4, -0.2) is 27.4 Å². The molecule has 0 aromatic carbocycles. The van der Waals surface area contributed by atoms with Gasteiger partial charge in [-0.25, -0.2) is 0 Å². The fraction of sp³-hybridized carbons (Fsp3) is 0.778. The number of carbonyl (C=O) groups excluding carboxylic acids is 1. The van der Waals surface area contributed by atoms with E-state index in [9.17, 15) is 9.59 Å². The van der Waals surface area contributed by atoms with Crippen molar-refractivity contribution in [3.63, 3.8) is 0 Å². The van der Waals surface area contributed by atoms with E-state index >= 15 is 0 Å². The van der Waals surface area contributed by atoms with Crippen LogP contribution < -0.4 is 0 Å². The molecule has 14 heavy (non-hydrogen) atoms. The highest BCUT2D eigenvalue weighted by atomic mass is 32.1. The van der Waals surface area contributed by atoms with Crippen molar-refractivity contribution in [1.82, 2.24) is 0 Å². The van der Waals surface area contributed by atoms with Crippen LogP contribution in [0.2, 0.25) is 0 Å². The zero-order valence-electron chi connectivity index (χ0n) is 8.36. The van der Waals surface area contributed by atoms with Crippen molar-refractivity contribution in [2.75, 3.05) is 5.75 Å². The monoisotopic (exact) mass is 236 g/mol. The van der Waals surface area contributed by atoms with Gasteiger partial charge in [-0.05, 0) is 0 Å². The summed E-state index contributed by atoms with van der Waals surface area (Å²) < 4.78 is -0.378. The molecule has 0 rings (SSSR count). The van der Waals surface area contributed by atoms with E-state index in [0.29, 0.717) is 0 Å². The minimum absolute atomic E-state index is 0.0445. The zero-order valence-corrected chi connectivity index (χ0v) is 10.1. The van der Waals surface area contributed by atoms with Crippen molar-refractivity contribution < 1.29 is 14.7 Å². The molecule has 0 heterocycles. The van der Waals surface area contributed by atoms with Crippen LogP contribution in [0.1, 0.15) is 26.7 Å². The van der Waals surface area contributed by atoms with E-state index in [1.54, 1.807) is 0 Å². The summed E-state index contributed by atoms with van der Waals surface area (Å²) in [6, 6.07) is 0. The van der Waals surface area contributed by atoms with E-state index < -0.39 is 11.9 Å². The number of carboxylic acid groups (broad SMARTS) is 1. The van der Waals surface area contributed by atoms with E-state index in [1.165, 1.54) is 0 Å². The number of carbonyl (C=O) groups is 2. The van der Waals surface area contributed by atoms with Crippen molar-refractivity contribution >= 4 is 37.0 Å². The largest absolute Gasteiger partial charge is 0.481 e. The highest BCUT2D eigenvalue weighted by Crippen LogP contribution is 2.20. The van der Waals surface area contributed by atoms with Gasteiger partial charge in [0, 0.05) is 23.3 Å². The summed E-state index contributed by atoms with van der Waals surface area (Å²) in [7, 11) is 0. The number of aliphatic carboxylic acids is 1. The number of carboxylic acids is 1. The molecule has 1 atom stereocenters. The molecule has 0 radical (unpaired) electrons. The molecule has 1 unspecified atom stereocenters. The van der Waals surface area contributed by atoms with Gasteiger partial charge in [-0.15, -0.1) is 0 Å². The lowest BCUT2D eigenvalue weighted by Crippen LogP contribution is -2.23. The van der Waals surface area contributed by atoms with Crippen LogP contribution >= 0.6 is 25.3 Å². The van der Waals surface area contributed by atoms with Gasteiger partial charge in [-0.1, -0.05) is 13.8 Å². The minimum atomic E-state index is -0.967. The summed E-state index contributed by atoms with van der Waals surface area (Å²) in [4.78, 5) is 22.0. The number of hydrogen-bond donors (Lipinski definition) is 3. The lowest BCUT2D eigenvalue weighted by molar-refractivity contribution is -0.142. The van der Waals surface area contributed by atoms with Crippen molar-refractivity contribution in [2.24, 2.45) is 5.92 Å². The van der Waals surface area contributed by atoms with Gasteiger partial charge in [-0.3, -0.25) is 9.59 Å². The van der Waals surface area contributed by atoms with Crippen molar-refractivity contribution in [3.05, 3.63) is 0 Å². The second-order valence-electron chi connectivity index (χ2n) is 3.95. The smallest absolute Gasteiger partial charge is 0.307 e. The number of ketones is 1. The highest BCUT2D eigenvalue weighted by molar-refractivity contribution is 7.81. The topological polar surface area (TPSA) is 54.4 Å². The third-order valence-corrected chi connectivity index (χ3v) is 2.27. The second kappa shape index (κ2) is 5.66. The van der Waals surface area contributed by atoms with Gasteiger partial charge in [0.25, 0.3) is 0 Å². The van der Waals surface area contributed by atoms with Gasteiger partial charge in [0.1, 0.15) is 5.78 Å². The summed E-state index contributed by atoms with van der Waals surface area (Å²) in [5.41, 5.74) is 0. The molecule has 1 N–H and O–H groups in total. The maximum absolute atomic E-state index is 11.4. The Bertz CT molecular complexity index is 221. The van der Waals surface area contributed by atoms with Crippen LogP contribution in [0.4, 0.5) is 0 Å². The summed E-state index contributed by atoms with van der Waals surface area (Å²) in [5.74, 6) is -1.54. The van der Waals surface area contributed by atoms with Gasteiger partial charge < -0.3 is 5.11 Å². The molecule has 0 aromatic rings. The molecule has 0 aliphatic rings. The average Bonchev–Trinajstić information content (AvgIpc) is 1.96. The number of hydrogen-bond acceptors (Lipinski definition) is 4. The van der Waals surface area contributed by atoms with E-state index in [-0.39, 0.29) is 29.1 Å². The number of Topliss-reactive ketones (excluding diaryl/α,β-unsaturated/α-hetero) is 1. The molecule has 0 aliphatic carbocycles. The molecule has 0 aromatic heterocycles. The first kappa shape index (κ1) is 13.8. The Labute approximate surface area is 95.1 Å². The maximum Gasteiger partial charge on any atom is 0.307 e. The molecule has 82 valence electrons. The van der Waals surface area contributed by atoms with E-state index in [2.05, 4.69) is 25.3 Å². The van der Waals surface area contributed by atoms with Crippen molar-refractivity contribution in [1.29, 1.82) is 0 Å². The first-order valence-corrected chi connectivity index (χ1v) is 5.42. The number of thiol groups is 2. The van der Waals surface area contributed by atoms with Crippen molar-refractivity contribution in [2.45, 2.75) is 31.4 Å². The van der Waals surface area contributed by atoms with E-state index in [0.717, 1.165) is 0 Å². The van der Waals surface area contributed by atoms with E-state index in [1.807, 2.05) is 13.8 Å². The molecule has 0 saturated heterocycles. The quantitative estimate of drug-likeness (QED) is 0.615. The third kappa shape index (κ3) is 6.32. The summed E-state index contributed by atoms with van der Waals surface area (Å²) in [5, 5.41) is 8.70. The van der Waals surface area contributed by atoms with Gasteiger partial charge >= 0.3 is 5.97 Å². The Hall–Kier alpha value is -0.160. The maximum atomic E-state index is 11.4. The highest BCUT2D eigenvalue weighted by Gasteiger charge is 2.23. The molecule has 5 heteroatoms. The Kier molecular flexibility index (Phi) is 5.59. The normalized spacial score (nSPS) is 13.7. The van der Waals surface area contributed by atoms with Crippen LogP contribution in [0.25, 0.3) is 0 Å². The Balaban J connectivity index is 4.11. The van der Waals surface area contributed by atoms with Gasteiger partial charge in [0.2, 0.25) is 0 Å². The lowest BCUT2D eigenvalue weighted by atomic mass is 9.98. The van der Waals surface area contributed by atoms with Crippen LogP contribution in [-0.2, 0) is 9.59 Å². The molecule has 3 nitrogen and oxygen atoms in total. The second-order valence-corrected chi connectivity index (χ2v) is 5.53. The van der Waals surface area contributed by atoms with Gasteiger partial charge in [-0.2, -0.15) is 25.3 Å². The summed E-state index contributed by atoms with van der Waals surface area (Å²) in [6.07, 6.45) is 0.330. The van der Waals surface area contributed by atoms with Crippen molar-refractivity contribution in [3.8, 4) is 0 Å². The molecule has 0 spiro atoms. The number of rotatable bonds is 6. The molecular formula is C9H16O3S2. The van der Waals surface area contributed by atoms with Crippen LogP contribution in [0.5, 0.6) is 0 Å². The van der Waals surface area contributed by atoms with Crippen LogP contribution in [0.3, 0.4) is 0 Å². The first-order chi connectivity index (χ1) is 6.26.